The van der Waals surface area contributed by atoms with E-state index in [1.54, 1.807) is 79.1 Å². The van der Waals surface area contributed by atoms with Crippen LogP contribution in [0.15, 0.2) is 84.0 Å². The summed E-state index contributed by atoms with van der Waals surface area (Å²) in [6.45, 7) is 0. The summed E-state index contributed by atoms with van der Waals surface area (Å²) in [6, 6.07) is 18.2. The van der Waals surface area contributed by atoms with E-state index in [4.69, 9.17) is 27.9 Å². The van der Waals surface area contributed by atoms with Gasteiger partial charge in [-0.15, -0.1) is 0 Å². The number of pyridine rings is 1. The first-order valence-electron chi connectivity index (χ1n) is 8.51. The monoisotopic (exact) mass is 444 g/mol. The van der Waals surface area contributed by atoms with Crippen LogP contribution >= 0.6 is 23.2 Å². The summed E-state index contributed by atoms with van der Waals surface area (Å²) in [5.41, 5.74) is 0.282. The highest BCUT2D eigenvalue weighted by Gasteiger charge is 2.19. The fraction of sp³-hybridized carbons (Fsp3) is 0. The highest BCUT2D eigenvalue weighted by molar-refractivity contribution is 7.93. The van der Waals surface area contributed by atoms with E-state index >= 15 is 0 Å². The fourth-order valence-electron chi connectivity index (χ4n) is 2.84. The number of halogens is 2. The van der Waals surface area contributed by atoms with Gasteiger partial charge in [0.15, 0.2) is 5.75 Å². The minimum atomic E-state index is -3.88. The predicted octanol–water partition coefficient (Wildman–Crippen LogP) is 6.13. The van der Waals surface area contributed by atoms with E-state index < -0.39 is 10.0 Å². The van der Waals surface area contributed by atoms with Crippen LogP contribution in [0.2, 0.25) is 10.0 Å². The Labute approximate surface area is 177 Å². The second kappa shape index (κ2) is 7.91. The van der Waals surface area contributed by atoms with E-state index in [0.29, 0.717) is 26.9 Å². The molecule has 29 heavy (non-hydrogen) atoms. The Balaban J connectivity index is 1.71. The van der Waals surface area contributed by atoms with Gasteiger partial charge in [0, 0.05) is 28.2 Å². The molecule has 0 aliphatic carbocycles. The van der Waals surface area contributed by atoms with Crippen molar-refractivity contribution in [3.63, 3.8) is 0 Å². The molecule has 1 heterocycles. The van der Waals surface area contributed by atoms with Gasteiger partial charge in [0.25, 0.3) is 10.0 Å². The quantitative estimate of drug-likeness (QED) is 0.401. The maximum absolute atomic E-state index is 13.1. The molecule has 4 aromatic rings. The van der Waals surface area contributed by atoms with Gasteiger partial charge in [-0.25, -0.2) is 8.42 Å². The van der Waals surface area contributed by atoms with E-state index in [2.05, 4.69) is 9.71 Å². The van der Waals surface area contributed by atoms with Gasteiger partial charge in [-0.3, -0.25) is 9.71 Å². The summed E-state index contributed by atoms with van der Waals surface area (Å²) in [5, 5.41) is 2.10. The number of anilines is 1. The smallest absolute Gasteiger partial charge is 0.262 e. The standard InChI is InChI=1S/C21H14Cl2N2O3S/c22-15-8-9-19(17(23)12-15)28-20-6-2-1-5-18(20)25-29(26,27)21-7-3-4-14-13-24-11-10-16(14)21/h1-13,25H. The molecule has 0 bridgehead atoms. The van der Waals surface area contributed by atoms with Gasteiger partial charge in [0.1, 0.15) is 5.75 Å². The van der Waals surface area contributed by atoms with Crippen LogP contribution in [-0.2, 0) is 10.0 Å². The number of hydrogen-bond acceptors (Lipinski definition) is 4. The van der Waals surface area contributed by atoms with Crippen LogP contribution in [0.25, 0.3) is 10.8 Å². The average molecular weight is 445 g/mol. The number of para-hydroxylation sites is 2. The molecule has 0 amide bonds. The molecule has 4 rings (SSSR count). The molecule has 0 spiro atoms. The zero-order valence-corrected chi connectivity index (χ0v) is 17.2. The molecule has 1 N–H and O–H groups in total. The fourth-order valence-corrected chi connectivity index (χ4v) is 4.59. The maximum atomic E-state index is 13.1. The lowest BCUT2D eigenvalue weighted by Crippen LogP contribution is -2.14. The lowest BCUT2D eigenvalue weighted by atomic mass is 10.2. The Morgan fingerprint density at radius 1 is 0.897 bits per heavy atom. The lowest BCUT2D eigenvalue weighted by Gasteiger charge is -2.15. The van der Waals surface area contributed by atoms with Crippen molar-refractivity contribution in [3.8, 4) is 11.5 Å². The number of fused-ring (bicyclic) bond motifs is 1. The van der Waals surface area contributed by atoms with Crippen molar-refractivity contribution in [3.05, 3.63) is 89.2 Å². The Bertz CT molecular complexity index is 1310. The number of ether oxygens (including phenoxy) is 1. The number of aromatic nitrogens is 1. The van der Waals surface area contributed by atoms with E-state index in [-0.39, 0.29) is 10.6 Å². The Morgan fingerprint density at radius 2 is 1.72 bits per heavy atom. The molecule has 1 aromatic heterocycles. The maximum Gasteiger partial charge on any atom is 0.262 e. The molecular formula is C21H14Cl2N2O3S. The average Bonchev–Trinajstić information content (AvgIpc) is 2.71. The molecule has 0 aliphatic heterocycles. The number of nitrogens with one attached hydrogen (secondary N) is 1. The number of benzene rings is 3. The molecule has 146 valence electrons. The van der Waals surface area contributed by atoms with Crippen molar-refractivity contribution in [2.45, 2.75) is 4.90 Å². The number of nitrogens with zero attached hydrogens (tertiary/aromatic N) is 1. The Hall–Kier alpha value is -2.80. The number of hydrogen-bond donors (Lipinski definition) is 1. The summed E-state index contributed by atoms with van der Waals surface area (Å²) < 4.78 is 34.6. The van der Waals surface area contributed by atoms with Crippen LogP contribution in [0.3, 0.4) is 0 Å². The molecule has 0 atom stereocenters. The normalized spacial score (nSPS) is 11.4. The van der Waals surface area contributed by atoms with Gasteiger partial charge in [-0.05, 0) is 42.5 Å². The van der Waals surface area contributed by atoms with Gasteiger partial charge in [-0.1, -0.05) is 47.5 Å². The topological polar surface area (TPSA) is 68.3 Å². The molecule has 0 unspecified atom stereocenters. The zero-order valence-electron chi connectivity index (χ0n) is 14.8. The minimum absolute atomic E-state index is 0.150. The van der Waals surface area contributed by atoms with Gasteiger partial charge >= 0.3 is 0 Å². The molecule has 5 nitrogen and oxygen atoms in total. The van der Waals surface area contributed by atoms with Crippen LogP contribution in [0.4, 0.5) is 5.69 Å². The summed E-state index contributed by atoms with van der Waals surface area (Å²) >= 11 is 12.1. The first-order chi connectivity index (χ1) is 13.9. The molecule has 0 aliphatic rings. The van der Waals surface area contributed by atoms with Crippen molar-refractivity contribution >= 4 is 49.7 Å². The summed E-state index contributed by atoms with van der Waals surface area (Å²) in [7, 11) is -3.88. The largest absolute Gasteiger partial charge is 0.454 e. The highest BCUT2D eigenvalue weighted by Crippen LogP contribution is 2.36. The first-order valence-corrected chi connectivity index (χ1v) is 10.8. The first kappa shape index (κ1) is 19.5. The van der Waals surface area contributed by atoms with Gasteiger partial charge < -0.3 is 4.74 Å². The van der Waals surface area contributed by atoms with Crippen molar-refractivity contribution in [1.82, 2.24) is 4.98 Å². The van der Waals surface area contributed by atoms with Crippen molar-refractivity contribution < 1.29 is 13.2 Å². The second-order valence-corrected chi connectivity index (χ2v) is 8.63. The zero-order chi connectivity index (χ0) is 20.4. The molecule has 0 radical (unpaired) electrons. The summed E-state index contributed by atoms with van der Waals surface area (Å²) in [4.78, 5) is 4.19. The second-order valence-electron chi connectivity index (χ2n) is 6.13. The van der Waals surface area contributed by atoms with E-state index in [1.165, 1.54) is 0 Å². The van der Waals surface area contributed by atoms with Gasteiger partial charge in [0.2, 0.25) is 0 Å². The third kappa shape index (κ3) is 4.15. The summed E-state index contributed by atoms with van der Waals surface area (Å²) in [6.07, 6.45) is 3.18. The number of rotatable bonds is 5. The Morgan fingerprint density at radius 3 is 2.55 bits per heavy atom. The summed E-state index contributed by atoms with van der Waals surface area (Å²) in [5.74, 6) is 0.668. The molecule has 0 saturated carbocycles. The van der Waals surface area contributed by atoms with Gasteiger partial charge in [0.05, 0.1) is 15.6 Å². The van der Waals surface area contributed by atoms with E-state index in [1.807, 2.05) is 0 Å². The van der Waals surface area contributed by atoms with Crippen LogP contribution in [0.1, 0.15) is 0 Å². The molecule has 0 saturated heterocycles. The lowest BCUT2D eigenvalue weighted by molar-refractivity contribution is 0.485. The van der Waals surface area contributed by atoms with Crippen LogP contribution in [-0.4, -0.2) is 13.4 Å². The van der Waals surface area contributed by atoms with Crippen LogP contribution < -0.4 is 9.46 Å². The third-order valence-corrected chi connectivity index (χ3v) is 6.13. The Kier molecular flexibility index (Phi) is 5.32. The predicted molar refractivity (Wildman–Crippen MR) is 116 cm³/mol. The van der Waals surface area contributed by atoms with Crippen molar-refractivity contribution in [2.24, 2.45) is 0 Å². The number of sulfonamides is 1. The molecular weight excluding hydrogens is 431 g/mol. The van der Waals surface area contributed by atoms with Crippen LogP contribution in [0, 0.1) is 0 Å². The molecule has 3 aromatic carbocycles. The van der Waals surface area contributed by atoms with E-state index in [0.717, 1.165) is 5.39 Å². The minimum Gasteiger partial charge on any atom is -0.454 e. The van der Waals surface area contributed by atoms with Crippen LogP contribution in [0.5, 0.6) is 11.5 Å². The van der Waals surface area contributed by atoms with Crippen molar-refractivity contribution in [2.75, 3.05) is 4.72 Å². The third-order valence-electron chi connectivity index (χ3n) is 4.18. The van der Waals surface area contributed by atoms with Crippen molar-refractivity contribution in [1.29, 1.82) is 0 Å². The highest BCUT2D eigenvalue weighted by atomic mass is 35.5. The van der Waals surface area contributed by atoms with Gasteiger partial charge in [-0.2, -0.15) is 0 Å². The molecule has 8 heteroatoms. The van der Waals surface area contributed by atoms with E-state index in [9.17, 15) is 8.42 Å². The molecule has 0 fully saturated rings. The SMILES string of the molecule is O=S(=O)(Nc1ccccc1Oc1ccc(Cl)cc1Cl)c1cccc2cnccc12.